The Morgan fingerprint density at radius 2 is 2.25 bits per heavy atom. The first kappa shape index (κ1) is 11.9. The van der Waals surface area contributed by atoms with Gasteiger partial charge in [-0.1, -0.05) is 13.3 Å². The number of hydrogen-bond acceptors (Lipinski definition) is 2. The molecule has 2 N–H and O–H groups in total. The molecule has 0 aromatic heterocycles. The molecule has 16 heavy (non-hydrogen) atoms. The van der Waals surface area contributed by atoms with Crippen molar-refractivity contribution in [3.8, 4) is 0 Å². The second-order valence-electron chi connectivity index (χ2n) is 5.47. The monoisotopic (exact) mass is 224 g/mol. The molecular formula is C13H24N2O. The van der Waals surface area contributed by atoms with E-state index in [9.17, 15) is 4.79 Å². The van der Waals surface area contributed by atoms with Crippen LogP contribution >= 0.6 is 0 Å². The molecule has 1 amide bonds. The molecule has 2 fully saturated rings. The molecule has 0 aromatic rings. The van der Waals surface area contributed by atoms with Gasteiger partial charge in [0.2, 0.25) is 5.91 Å². The smallest absolute Gasteiger partial charge is 0.224 e. The molecule has 3 nitrogen and oxygen atoms in total. The second-order valence-corrected chi connectivity index (χ2v) is 5.47. The van der Waals surface area contributed by atoms with Crippen molar-refractivity contribution in [2.75, 3.05) is 19.6 Å². The first-order valence-corrected chi connectivity index (χ1v) is 6.74. The van der Waals surface area contributed by atoms with E-state index in [0.717, 1.165) is 32.5 Å². The second kappa shape index (κ2) is 5.17. The molecule has 0 aromatic carbocycles. The van der Waals surface area contributed by atoms with Crippen LogP contribution in [0, 0.1) is 11.3 Å². The Morgan fingerprint density at radius 1 is 1.44 bits per heavy atom. The van der Waals surface area contributed by atoms with Gasteiger partial charge in [0.05, 0.1) is 5.92 Å². The zero-order chi connectivity index (χ0) is 11.4. The van der Waals surface area contributed by atoms with Gasteiger partial charge in [-0.25, -0.2) is 0 Å². The van der Waals surface area contributed by atoms with Gasteiger partial charge < -0.3 is 10.6 Å². The van der Waals surface area contributed by atoms with E-state index in [4.69, 9.17) is 0 Å². The third kappa shape index (κ3) is 2.57. The summed E-state index contributed by atoms with van der Waals surface area (Å²) in [5.74, 6) is 0.481. The zero-order valence-corrected chi connectivity index (χ0v) is 10.3. The van der Waals surface area contributed by atoms with Gasteiger partial charge in [0, 0.05) is 13.1 Å². The fourth-order valence-electron chi connectivity index (χ4n) is 2.83. The molecule has 2 aliphatic rings. The summed E-state index contributed by atoms with van der Waals surface area (Å²) in [7, 11) is 0. The molecule has 3 heteroatoms. The number of carbonyl (C=O) groups excluding carboxylic acids is 1. The van der Waals surface area contributed by atoms with E-state index in [1.165, 1.54) is 25.7 Å². The van der Waals surface area contributed by atoms with Crippen LogP contribution in [0.4, 0.5) is 0 Å². The molecule has 1 aliphatic carbocycles. The number of piperidine rings is 1. The zero-order valence-electron chi connectivity index (χ0n) is 10.3. The fraction of sp³-hybridized carbons (Fsp3) is 0.923. The molecule has 1 heterocycles. The fourth-order valence-corrected chi connectivity index (χ4v) is 2.83. The van der Waals surface area contributed by atoms with E-state index < -0.39 is 0 Å². The van der Waals surface area contributed by atoms with Gasteiger partial charge in [0.1, 0.15) is 0 Å². The largest absolute Gasteiger partial charge is 0.355 e. The van der Waals surface area contributed by atoms with Crippen LogP contribution in [-0.2, 0) is 4.79 Å². The van der Waals surface area contributed by atoms with E-state index in [1.807, 2.05) is 0 Å². The summed E-state index contributed by atoms with van der Waals surface area (Å²) in [6.07, 6.45) is 7.33. The molecule has 1 saturated carbocycles. The van der Waals surface area contributed by atoms with Gasteiger partial charge in [-0.15, -0.1) is 0 Å². The first-order chi connectivity index (χ1) is 7.76. The summed E-state index contributed by atoms with van der Waals surface area (Å²) in [6, 6.07) is 0. The Balaban J connectivity index is 1.74. The van der Waals surface area contributed by atoms with Crippen LogP contribution in [0.1, 0.15) is 45.4 Å². The standard InChI is InChI=1S/C13H24N2O/c1-2-13(6-4-7-13)10-15-12(16)11-5-3-8-14-9-11/h11,14H,2-10H2,1H3,(H,15,16). The van der Waals surface area contributed by atoms with Gasteiger partial charge in [-0.3, -0.25) is 4.79 Å². The van der Waals surface area contributed by atoms with Crippen molar-refractivity contribution in [3.05, 3.63) is 0 Å². The Labute approximate surface area is 98.4 Å². The lowest BCUT2D eigenvalue weighted by Crippen LogP contribution is -2.46. The molecular weight excluding hydrogens is 200 g/mol. The molecule has 1 atom stereocenters. The average molecular weight is 224 g/mol. The van der Waals surface area contributed by atoms with Crippen LogP contribution in [0.25, 0.3) is 0 Å². The quantitative estimate of drug-likeness (QED) is 0.763. The molecule has 92 valence electrons. The number of hydrogen-bond donors (Lipinski definition) is 2. The molecule has 2 rings (SSSR count). The number of amides is 1. The Kier molecular flexibility index (Phi) is 3.85. The molecule has 0 bridgehead atoms. The summed E-state index contributed by atoms with van der Waals surface area (Å²) in [6.45, 7) is 5.08. The molecule has 0 radical (unpaired) electrons. The van der Waals surface area contributed by atoms with Gasteiger partial charge >= 0.3 is 0 Å². The Bertz CT molecular complexity index is 237. The van der Waals surface area contributed by atoms with Crippen LogP contribution < -0.4 is 10.6 Å². The number of nitrogens with one attached hydrogen (secondary N) is 2. The van der Waals surface area contributed by atoms with E-state index in [0.29, 0.717) is 5.41 Å². The third-order valence-electron chi connectivity index (χ3n) is 4.47. The maximum Gasteiger partial charge on any atom is 0.224 e. The van der Waals surface area contributed by atoms with Crippen LogP contribution in [0.2, 0.25) is 0 Å². The van der Waals surface area contributed by atoms with Crippen molar-refractivity contribution < 1.29 is 4.79 Å². The summed E-state index contributed by atoms with van der Waals surface area (Å²) in [5.41, 5.74) is 0.442. The van der Waals surface area contributed by atoms with Gasteiger partial charge in [0.15, 0.2) is 0 Å². The highest BCUT2D eigenvalue weighted by Gasteiger charge is 2.35. The summed E-state index contributed by atoms with van der Waals surface area (Å²) < 4.78 is 0. The minimum Gasteiger partial charge on any atom is -0.355 e. The van der Waals surface area contributed by atoms with E-state index in [1.54, 1.807) is 0 Å². The van der Waals surface area contributed by atoms with Crippen molar-refractivity contribution >= 4 is 5.91 Å². The maximum atomic E-state index is 11.9. The highest BCUT2D eigenvalue weighted by atomic mass is 16.1. The minimum atomic E-state index is 0.211. The first-order valence-electron chi connectivity index (χ1n) is 6.74. The predicted molar refractivity (Wildman–Crippen MR) is 65.2 cm³/mol. The van der Waals surface area contributed by atoms with Gasteiger partial charge in [0.25, 0.3) is 0 Å². The Hall–Kier alpha value is -0.570. The van der Waals surface area contributed by atoms with Crippen molar-refractivity contribution in [2.24, 2.45) is 11.3 Å². The maximum absolute atomic E-state index is 11.9. The highest BCUT2D eigenvalue weighted by molar-refractivity contribution is 5.79. The normalized spacial score (nSPS) is 28.2. The van der Waals surface area contributed by atoms with Crippen LogP contribution in [0.15, 0.2) is 0 Å². The van der Waals surface area contributed by atoms with Crippen molar-refractivity contribution in [1.29, 1.82) is 0 Å². The van der Waals surface area contributed by atoms with Crippen molar-refractivity contribution in [3.63, 3.8) is 0 Å². The lowest BCUT2D eigenvalue weighted by atomic mass is 9.67. The summed E-state index contributed by atoms with van der Waals surface area (Å²) in [4.78, 5) is 11.9. The van der Waals surface area contributed by atoms with E-state index >= 15 is 0 Å². The minimum absolute atomic E-state index is 0.211. The average Bonchev–Trinajstić information content (AvgIpc) is 2.29. The van der Waals surface area contributed by atoms with Crippen molar-refractivity contribution in [2.45, 2.75) is 45.4 Å². The number of carbonyl (C=O) groups is 1. The highest BCUT2D eigenvalue weighted by Crippen LogP contribution is 2.43. The summed E-state index contributed by atoms with van der Waals surface area (Å²) >= 11 is 0. The molecule has 1 aliphatic heterocycles. The lowest BCUT2D eigenvalue weighted by molar-refractivity contribution is -0.126. The molecule has 1 saturated heterocycles. The molecule has 1 unspecified atom stereocenters. The summed E-state index contributed by atoms with van der Waals surface area (Å²) in [5, 5.41) is 6.46. The SMILES string of the molecule is CCC1(CNC(=O)C2CCCNC2)CCC1. The Morgan fingerprint density at radius 3 is 2.75 bits per heavy atom. The van der Waals surface area contributed by atoms with Crippen LogP contribution in [0.5, 0.6) is 0 Å². The number of rotatable bonds is 4. The van der Waals surface area contributed by atoms with Crippen molar-refractivity contribution in [1.82, 2.24) is 10.6 Å². The lowest BCUT2D eigenvalue weighted by Gasteiger charge is -2.41. The topological polar surface area (TPSA) is 41.1 Å². The van der Waals surface area contributed by atoms with Crippen LogP contribution in [0.3, 0.4) is 0 Å². The molecule has 0 spiro atoms. The third-order valence-corrected chi connectivity index (χ3v) is 4.47. The van der Waals surface area contributed by atoms with Gasteiger partial charge in [-0.05, 0) is 44.1 Å². The van der Waals surface area contributed by atoms with E-state index in [2.05, 4.69) is 17.6 Å². The van der Waals surface area contributed by atoms with E-state index in [-0.39, 0.29) is 11.8 Å². The van der Waals surface area contributed by atoms with Gasteiger partial charge in [-0.2, -0.15) is 0 Å². The predicted octanol–water partition coefficient (Wildman–Crippen LogP) is 1.68. The van der Waals surface area contributed by atoms with Crippen LogP contribution in [-0.4, -0.2) is 25.5 Å².